The number of nitrogens with two attached hydrogens (primary N) is 1. The Morgan fingerprint density at radius 2 is 2.05 bits per heavy atom. The maximum atomic E-state index is 12.9. The van der Waals surface area contributed by atoms with E-state index in [1.165, 1.54) is 12.1 Å². The van der Waals surface area contributed by atoms with Crippen molar-refractivity contribution in [1.29, 1.82) is 0 Å². The Balaban J connectivity index is 1.93. The molecule has 0 radical (unpaired) electrons. The van der Waals surface area contributed by atoms with E-state index in [0.717, 1.165) is 0 Å². The van der Waals surface area contributed by atoms with Crippen molar-refractivity contribution in [2.45, 2.75) is 6.54 Å². The van der Waals surface area contributed by atoms with Gasteiger partial charge in [-0.1, -0.05) is 5.16 Å². The van der Waals surface area contributed by atoms with Gasteiger partial charge >= 0.3 is 0 Å². The average Bonchev–Trinajstić information content (AvgIpc) is 3.07. The Labute approximate surface area is 119 Å². The number of halogens is 1. The maximum absolute atomic E-state index is 12.9. The van der Waals surface area contributed by atoms with Crippen molar-refractivity contribution >= 4 is 5.91 Å². The van der Waals surface area contributed by atoms with Gasteiger partial charge in [0.25, 0.3) is 5.89 Å². The zero-order valence-corrected chi connectivity index (χ0v) is 10.9. The van der Waals surface area contributed by atoms with Crippen LogP contribution < -0.4 is 5.73 Å². The number of hydrogen-bond donors (Lipinski definition) is 1. The van der Waals surface area contributed by atoms with Gasteiger partial charge in [-0.3, -0.25) is 4.79 Å². The third-order valence-electron chi connectivity index (χ3n) is 2.90. The van der Waals surface area contributed by atoms with E-state index in [1.54, 1.807) is 35.0 Å². The lowest BCUT2D eigenvalue weighted by Crippen LogP contribution is -2.18. The predicted molar refractivity (Wildman–Crippen MR) is 72.3 cm³/mol. The summed E-state index contributed by atoms with van der Waals surface area (Å²) in [6.07, 6.45) is 1.70. The molecule has 0 saturated carbocycles. The highest BCUT2D eigenvalue weighted by Gasteiger charge is 2.14. The van der Waals surface area contributed by atoms with E-state index < -0.39 is 5.91 Å². The van der Waals surface area contributed by atoms with Crippen molar-refractivity contribution < 1.29 is 13.7 Å². The van der Waals surface area contributed by atoms with Crippen molar-refractivity contribution in [3.05, 3.63) is 48.4 Å². The van der Waals surface area contributed by atoms with Crippen LogP contribution in [-0.2, 0) is 11.3 Å². The Kier molecular flexibility index (Phi) is 3.23. The molecular formula is C14H11FN4O2. The number of aromatic nitrogens is 3. The molecule has 6 nitrogen and oxygen atoms in total. The van der Waals surface area contributed by atoms with Crippen LogP contribution in [-0.4, -0.2) is 20.6 Å². The lowest BCUT2D eigenvalue weighted by atomic mass is 10.2. The third kappa shape index (κ3) is 2.66. The van der Waals surface area contributed by atoms with Crippen molar-refractivity contribution in [3.63, 3.8) is 0 Å². The minimum atomic E-state index is -0.467. The zero-order chi connectivity index (χ0) is 14.8. The molecule has 7 heteroatoms. The molecular weight excluding hydrogens is 275 g/mol. The van der Waals surface area contributed by atoms with Crippen LogP contribution in [0.25, 0.3) is 23.0 Å². The van der Waals surface area contributed by atoms with Crippen LogP contribution in [0.5, 0.6) is 0 Å². The topological polar surface area (TPSA) is 86.9 Å². The van der Waals surface area contributed by atoms with Crippen LogP contribution in [0.4, 0.5) is 4.39 Å². The Hall–Kier alpha value is -2.96. The fourth-order valence-electron chi connectivity index (χ4n) is 1.96. The second kappa shape index (κ2) is 5.20. The summed E-state index contributed by atoms with van der Waals surface area (Å²) >= 11 is 0. The first kappa shape index (κ1) is 13.0. The van der Waals surface area contributed by atoms with Gasteiger partial charge in [0.15, 0.2) is 0 Å². The molecule has 21 heavy (non-hydrogen) atoms. The van der Waals surface area contributed by atoms with E-state index in [0.29, 0.717) is 17.1 Å². The minimum Gasteiger partial charge on any atom is -0.368 e. The molecule has 2 aromatic heterocycles. The summed E-state index contributed by atoms with van der Waals surface area (Å²) in [7, 11) is 0. The maximum Gasteiger partial charge on any atom is 0.274 e. The molecule has 2 heterocycles. The lowest BCUT2D eigenvalue weighted by Gasteiger charge is -2.02. The molecule has 0 aliphatic heterocycles. The molecule has 1 aromatic carbocycles. The highest BCUT2D eigenvalue weighted by molar-refractivity contribution is 5.74. The molecule has 106 valence electrons. The van der Waals surface area contributed by atoms with Gasteiger partial charge in [-0.05, 0) is 36.4 Å². The minimum absolute atomic E-state index is 0.0244. The summed E-state index contributed by atoms with van der Waals surface area (Å²) in [5.41, 5.74) is 6.41. The lowest BCUT2D eigenvalue weighted by molar-refractivity contribution is -0.118. The van der Waals surface area contributed by atoms with E-state index in [4.69, 9.17) is 10.3 Å². The number of amides is 1. The zero-order valence-electron chi connectivity index (χ0n) is 10.9. The summed E-state index contributed by atoms with van der Waals surface area (Å²) in [5, 5.41) is 3.85. The number of carbonyl (C=O) groups excluding carboxylic acids is 1. The number of primary amides is 1. The average molecular weight is 286 g/mol. The van der Waals surface area contributed by atoms with Crippen molar-refractivity contribution in [2.75, 3.05) is 0 Å². The molecule has 0 spiro atoms. The molecule has 0 aliphatic carbocycles. The number of carbonyl (C=O) groups is 1. The Morgan fingerprint density at radius 1 is 1.29 bits per heavy atom. The Morgan fingerprint density at radius 3 is 2.76 bits per heavy atom. The quantitative estimate of drug-likeness (QED) is 0.792. The normalized spacial score (nSPS) is 10.7. The molecule has 1 amide bonds. The summed E-state index contributed by atoms with van der Waals surface area (Å²) < 4.78 is 19.7. The molecule has 0 saturated heterocycles. The van der Waals surface area contributed by atoms with Gasteiger partial charge in [0.1, 0.15) is 18.1 Å². The van der Waals surface area contributed by atoms with Crippen molar-refractivity contribution in [1.82, 2.24) is 14.7 Å². The van der Waals surface area contributed by atoms with Crippen LogP contribution in [0.2, 0.25) is 0 Å². The summed E-state index contributed by atoms with van der Waals surface area (Å²) in [4.78, 5) is 15.3. The van der Waals surface area contributed by atoms with Gasteiger partial charge in [0.2, 0.25) is 11.7 Å². The number of hydrogen-bond acceptors (Lipinski definition) is 4. The highest BCUT2D eigenvalue weighted by Crippen LogP contribution is 2.22. The molecule has 2 N–H and O–H groups in total. The van der Waals surface area contributed by atoms with E-state index in [2.05, 4.69) is 10.1 Å². The second-order valence-electron chi connectivity index (χ2n) is 4.42. The molecule has 3 aromatic rings. The van der Waals surface area contributed by atoms with E-state index in [-0.39, 0.29) is 18.3 Å². The molecule has 3 rings (SSSR count). The molecule has 0 atom stereocenters. The summed E-state index contributed by atoms with van der Waals surface area (Å²) in [6, 6.07) is 9.26. The van der Waals surface area contributed by atoms with Crippen LogP contribution in [0.3, 0.4) is 0 Å². The number of benzene rings is 1. The first-order valence-electron chi connectivity index (χ1n) is 6.17. The third-order valence-corrected chi connectivity index (χ3v) is 2.90. The van der Waals surface area contributed by atoms with Crippen molar-refractivity contribution in [2.24, 2.45) is 5.73 Å². The van der Waals surface area contributed by atoms with Gasteiger partial charge in [-0.25, -0.2) is 4.39 Å². The highest BCUT2D eigenvalue weighted by atomic mass is 19.1. The van der Waals surface area contributed by atoms with Crippen LogP contribution in [0.15, 0.2) is 47.1 Å². The molecule has 0 unspecified atom stereocenters. The number of nitrogens with zero attached hydrogens (tertiary/aromatic N) is 3. The van der Waals surface area contributed by atoms with Gasteiger partial charge in [0, 0.05) is 11.8 Å². The summed E-state index contributed by atoms with van der Waals surface area (Å²) in [6.45, 7) is 0.0244. The summed E-state index contributed by atoms with van der Waals surface area (Å²) in [5.74, 6) is -0.194. The standard InChI is InChI=1S/C14H11FN4O2/c15-10-5-3-9(4-6-10)13-17-14(21-18-13)11-2-1-7-19(11)8-12(16)20/h1-7H,8H2,(H2,16,20). The van der Waals surface area contributed by atoms with Gasteiger partial charge < -0.3 is 14.8 Å². The van der Waals surface area contributed by atoms with Gasteiger partial charge in [-0.2, -0.15) is 4.98 Å². The van der Waals surface area contributed by atoms with Crippen LogP contribution >= 0.6 is 0 Å². The molecule has 0 fully saturated rings. The van der Waals surface area contributed by atoms with Crippen LogP contribution in [0.1, 0.15) is 0 Å². The van der Waals surface area contributed by atoms with E-state index in [1.807, 2.05) is 0 Å². The first-order chi connectivity index (χ1) is 10.1. The second-order valence-corrected chi connectivity index (χ2v) is 4.42. The van der Waals surface area contributed by atoms with Crippen LogP contribution in [0, 0.1) is 5.82 Å². The van der Waals surface area contributed by atoms with Crippen molar-refractivity contribution in [3.8, 4) is 23.0 Å². The monoisotopic (exact) mass is 286 g/mol. The van der Waals surface area contributed by atoms with Gasteiger partial charge in [-0.15, -0.1) is 0 Å². The molecule has 0 aliphatic rings. The van der Waals surface area contributed by atoms with E-state index >= 15 is 0 Å². The number of rotatable bonds is 4. The first-order valence-corrected chi connectivity index (χ1v) is 6.17. The fourth-order valence-corrected chi connectivity index (χ4v) is 1.96. The fraction of sp³-hybridized carbons (Fsp3) is 0.0714. The van der Waals surface area contributed by atoms with Gasteiger partial charge in [0.05, 0.1) is 0 Å². The largest absolute Gasteiger partial charge is 0.368 e. The smallest absolute Gasteiger partial charge is 0.274 e. The SMILES string of the molecule is NC(=O)Cn1cccc1-c1nc(-c2ccc(F)cc2)no1. The predicted octanol–water partition coefficient (Wildman–Crippen LogP) is 1.83. The van der Waals surface area contributed by atoms with E-state index in [9.17, 15) is 9.18 Å². The molecule has 0 bridgehead atoms. The Bertz CT molecular complexity index is 776.